The van der Waals surface area contributed by atoms with E-state index in [0.29, 0.717) is 33.8 Å². The van der Waals surface area contributed by atoms with E-state index in [-0.39, 0.29) is 12.2 Å². The summed E-state index contributed by atoms with van der Waals surface area (Å²) in [5.41, 5.74) is 3.30. The quantitative estimate of drug-likeness (QED) is 0.427. The summed E-state index contributed by atoms with van der Waals surface area (Å²) in [5.74, 6) is 0.363. The maximum atomic E-state index is 12.6. The zero-order valence-electron chi connectivity index (χ0n) is 17.3. The average molecular weight is 452 g/mol. The van der Waals surface area contributed by atoms with E-state index in [4.69, 9.17) is 9.47 Å². The highest BCUT2D eigenvalue weighted by Crippen LogP contribution is 2.40. The van der Waals surface area contributed by atoms with Crippen LogP contribution in [-0.2, 0) is 4.79 Å². The summed E-state index contributed by atoms with van der Waals surface area (Å²) in [4.78, 5) is 11.3. The number of halogens is 3. The minimum atomic E-state index is -4.45. The predicted octanol–water partition coefficient (Wildman–Crippen LogP) is 6.83. The molecule has 0 aliphatic heterocycles. The lowest BCUT2D eigenvalue weighted by Crippen LogP contribution is -2.19. The fraction of sp³-hybridized carbons (Fsp3) is 0.115. The summed E-state index contributed by atoms with van der Waals surface area (Å²) in [6, 6.07) is 21.1. The summed E-state index contributed by atoms with van der Waals surface area (Å²) in [6.45, 7) is -1.40. The molecule has 0 saturated carbocycles. The van der Waals surface area contributed by atoms with Crippen molar-refractivity contribution >= 4 is 23.2 Å². The Bertz CT molecular complexity index is 1230. The summed E-state index contributed by atoms with van der Waals surface area (Å²) < 4.78 is 48.4. The maximum absolute atomic E-state index is 12.6. The third-order valence-electron chi connectivity index (χ3n) is 4.88. The molecule has 1 aliphatic carbocycles. The van der Waals surface area contributed by atoms with Crippen LogP contribution in [0.3, 0.4) is 0 Å². The second-order valence-electron chi connectivity index (χ2n) is 7.44. The average Bonchev–Trinajstić information content (AvgIpc) is 3.08. The highest BCUT2D eigenvalue weighted by atomic mass is 19.4. The number of carboxylic acid groups (broad SMARTS) is 1. The van der Waals surface area contributed by atoms with Gasteiger partial charge in [0.1, 0.15) is 17.2 Å². The molecular formula is C26H19F3O4. The second-order valence-corrected chi connectivity index (χ2v) is 7.44. The molecule has 0 spiro atoms. The number of alkyl halides is 3. The molecule has 0 unspecified atom stereocenters. The van der Waals surface area contributed by atoms with Crippen LogP contribution in [0, 0.1) is 0 Å². The van der Waals surface area contributed by atoms with Gasteiger partial charge in [-0.3, -0.25) is 4.79 Å². The van der Waals surface area contributed by atoms with Gasteiger partial charge in [-0.25, -0.2) is 0 Å². The van der Waals surface area contributed by atoms with Crippen LogP contribution in [0.2, 0.25) is 0 Å². The van der Waals surface area contributed by atoms with Gasteiger partial charge in [0.05, 0.1) is 6.42 Å². The van der Waals surface area contributed by atoms with Crippen molar-refractivity contribution in [1.82, 2.24) is 0 Å². The largest absolute Gasteiger partial charge is 0.484 e. The van der Waals surface area contributed by atoms with Gasteiger partial charge in [-0.1, -0.05) is 36.4 Å². The summed E-state index contributed by atoms with van der Waals surface area (Å²) in [6.07, 6.45) is -1.09. The number of ether oxygens (including phenoxy) is 2. The Morgan fingerprint density at radius 1 is 0.879 bits per heavy atom. The Hall–Kier alpha value is -4.00. The molecule has 4 rings (SSSR count). The zero-order chi connectivity index (χ0) is 23.4. The molecule has 3 aromatic carbocycles. The first-order valence-corrected chi connectivity index (χ1v) is 10.1. The van der Waals surface area contributed by atoms with Crippen LogP contribution in [0.1, 0.15) is 23.1 Å². The SMILES string of the molecule is O=C(O)CC1=C/C(=C/c2cccc(Oc3ccccc3)c2)c2cc(OCC(F)(F)F)ccc21. The fourth-order valence-corrected chi connectivity index (χ4v) is 3.54. The Morgan fingerprint density at radius 3 is 2.36 bits per heavy atom. The molecule has 7 heteroatoms. The smallest absolute Gasteiger partial charge is 0.422 e. The molecule has 4 nitrogen and oxygen atoms in total. The van der Waals surface area contributed by atoms with Gasteiger partial charge in [0, 0.05) is 0 Å². The molecule has 0 aromatic heterocycles. The van der Waals surface area contributed by atoms with Crippen LogP contribution in [0.25, 0.3) is 17.2 Å². The molecule has 33 heavy (non-hydrogen) atoms. The number of hydrogen-bond acceptors (Lipinski definition) is 3. The van der Waals surface area contributed by atoms with Crippen molar-refractivity contribution < 1.29 is 32.5 Å². The number of rotatable bonds is 7. The maximum Gasteiger partial charge on any atom is 0.422 e. The molecule has 3 aromatic rings. The molecule has 0 radical (unpaired) electrons. The number of benzene rings is 3. The normalized spacial score (nSPS) is 14.0. The highest BCUT2D eigenvalue weighted by Gasteiger charge is 2.29. The second kappa shape index (κ2) is 9.24. The van der Waals surface area contributed by atoms with Crippen LogP contribution in [0.15, 0.2) is 78.9 Å². The van der Waals surface area contributed by atoms with Gasteiger partial charge in [-0.2, -0.15) is 13.2 Å². The van der Waals surface area contributed by atoms with E-state index in [9.17, 15) is 23.1 Å². The van der Waals surface area contributed by atoms with Crippen molar-refractivity contribution in [3.8, 4) is 17.2 Å². The molecule has 0 bridgehead atoms. The van der Waals surface area contributed by atoms with Crippen molar-refractivity contribution in [2.75, 3.05) is 6.61 Å². The molecule has 1 N–H and O–H groups in total. The number of fused-ring (bicyclic) bond motifs is 1. The lowest BCUT2D eigenvalue weighted by Gasteiger charge is -2.11. The summed E-state index contributed by atoms with van der Waals surface area (Å²) in [7, 11) is 0. The van der Waals surface area contributed by atoms with Gasteiger partial charge in [0.2, 0.25) is 0 Å². The van der Waals surface area contributed by atoms with Crippen LogP contribution >= 0.6 is 0 Å². The summed E-state index contributed by atoms with van der Waals surface area (Å²) >= 11 is 0. The van der Waals surface area contributed by atoms with Crippen molar-refractivity contribution in [1.29, 1.82) is 0 Å². The van der Waals surface area contributed by atoms with Crippen molar-refractivity contribution in [2.24, 2.45) is 0 Å². The molecule has 168 valence electrons. The number of allylic oxidation sites excluding steroid dienone is 2. The molecule has 1 aliphatic rings. The van der Waals surface area contributed by atoms with E-state index >= 15 is 0 Å². The van der Waals surface area contributed by atoms with E-state index in [0.717, 1.165) is 5.56 Å². The van der Waals surface area contributed by atoms with Crippen LogP contribution in [-0.4, -0.2) is 23.9 Å². The minimum absolute atomic E-state index is 0.0584. The number of hydrogen-bond donors (Lipinski definition) is 1. The zero-order valence-corrected chi connectivity index (χ0v) is 17.3. The number of carboxylic acids is 1. The van der Waals surface area contributed by atoms with Crippen molar-refractivity contribution in [3.63, 3.8) is 0 Å². The van der Waals surface area contributed by atoms with E-state index in [1.165, 1.54) is 12.1 Å². The number of aliphatic carboxylic acids is 1. The third kappa shape index (κ3) is 5.83. The lowest BCUT2D eigenvalue weighted by atomic mass is 10.0. The van der Waals surface area contributed by atoms with E-state index in [2.05, 4.69) is 0 Å². The third-order valence-corrected chi connectivity index (χ3v) is 4.88. The van der Waals surface area contributed by atoms with Crippen LogP contribution < -0.4 is 9.47 Å². The molecule has 0 heterocycles. The standard InChI is InChI=1S/C26H19F3O4/c27-26(28,29)16-32-21-9-10-23-19(14-25(30)31)13-18(24(23)15-21)11-17-5-4-8-22(12-17)33-20-6-2-1-3-7-20/h1-13,15H,14,16H2,(H,30,31)/b18-11-. The van der Waals surface area contributed by atoms with Gasteiger partial charge in [0.25, 0.3) is 0 Å². The molecule has 0 fully saturated rings. The first-order valence-electron chi connectivity index (χ1n) is 10.1. The Labute approximate surface area is 188 Å². The Morgan fingerprint density at radius 2 is 1.64 bits per heavy atom. The number of para-hydroxylation sites is 1. The van der Waals surface area contributed by atoms with Crippen LogP contribution in [0.4, 0.5) is 13.2 Å². The van der Waals surface area contributed by atoms with E-state index in [1.807, 2.05) is 60.7 Å². The van der Waals surface area contributed by atoms with Gasteiger partial charge >= 0.3 is 12.1 Å². The number of carbonyl (C=O) groups is 1. The van der Waals surface area contributed by atoms with Crippen molar-refractivity contribution in [3.05, 3.63) is 95.6 Å². The van der Waals surface area contributed by atoms with Gasteiger partial charge in [0.15, 0.2) is 6.61 Å². The Kier molecular flexibility index (Phi) is 6.22. The molecule has 0 amide bonds. The van der Waals surface area contributed by atoms with Gasteiger partial charge in [-0.15, -0.1) is 0 Å². The predicted molar refractivity (Wildman–Crippen MR) is 119 cm³/mol. The van der Waals surface area contributed by atoms with Gasteiger partial charge in [-0.05, 0) is 76.4 Å². The Balaban J connectivity index is 1.66. The van der Waals surface area contributed by atoms with E-state index in [1.54, 1.807) is 12.1 Å². The first kappa shape index (κ1) is 22.2. The fourth-order valence-electron chi connectivity index (χ4n) is 3.54. The molecule has 0 atom stereocenters. The van der Waals surface area contributed by atoms with Crippen LogP contribution in [0.5, 0.6) is 17.2 Å². The lowest BCUT2D eigenvalue weighted by molar-refractivity contribution is -0.153. The highest BCUT2D eigenvalue weighted by molar-refractivity contribution is 6.04. The van der Waals surface area contributed by atoms with Gasteiger partial charge < -0.3 is 14.6 Å². The first-order chi connectivity index (χ1) is 15.8. The molecular weight excluding hydrogens is 433 g/mol. The van der Waals surface area contributed by atoms with E-state index < -0.39 is 18.8 Å². The molecule has 0 saturated heterocycles. The monoisotopic (exact) mass is 452 g/mol. The van der Waals surface area contributed by atoms with Crippen molar-refractivity contribution in [2.45, 2.75) is 12.6 Å². The minimum Gasteiger partial charge on any atom is -0.484 e. The topological polar surface area (TPSA) is 55.8 Å². The summed E-state index contributed by atoms with van der Waals surface area (Å²) in [5, 5.41) is 9.25.